The Bertz CT molecular complexity index is 848. The number of aromatic nitrogens is 3. The maximum Gasteiger partial charge on any atom is 0.276 e. The molecule has 2 heterocycles. The van der Waals surface area contributed by atoms with Crippen molar-refractivity contribution >= 4 is 5.52 Å². The van der Waals surface area contributed by atoms with Crippen LogP contribution in [0.1, 0.15) is 22.8 Å². The number of hydrogen-bond acceptors (Lipinski definition) is 3. The number of nitrogens with zero attached hydrogens (tertiary/aromatic N) is 3. The number of benzene rings is 1. The fraction of sp³-hybridized carbons (Fsp3) is 0.250. The molecule has 0 spiro atoms. The summed E-state index contributed by atoms with van der Waals surface area (Å²) in [6.07, 6.45) is 4.23. The van der Waals surface area contributed by atoms with E-state index in [0.29, 0.717) is 5.52 Å². The van der Waals surface area contributed by atoms with Gasteiger partial charge in [-0.2, -0.15) is 5.10 Å². The first-order valence-electron chi connectivity index (χ1n) is 6.84. The molecule has 0 fully saturated rings. The number of fused-ring (bicyclic) bond motifs is 1. The molecular weight excluding hydrogens is 266 g/mol. The molecule has 0 bridgehead atoms. The van der Waals surface area contributed by atoms with Crippen molar-refractivity contribution in [3.63, 3.8) is 0 Å². The van der Waals surface area contributed by atoms with E-state index in [-0.39, 0.29) is 12.1 Å². The van der Waals surface area contributed by atoms with Crippen LogP contribution in [0.25, 0.3) is 5.52 Å². The molecule has 1 N–H and O–H groups in total. The third-order valence-electron chi connectivity index (χ3n) is 3.69. The summed E-state index contributed by atoms with van der Waals surface area (Å²) in [6.45, 7) is 4.21. The van der Waals surface area contributed by atoms with Gasteiger partial charge in [-0.05, 0) is 31.0 Å². The molecule has 0 radical (unpaired) electrons. The van der Waals surface area contributed by atoms with Crippen molar-refractivity contribution in [2.75, 3.05) is 0 Å². The SMILES string of the molecule is Cc1ccc(C(O)Cn2ccn3nccc3c2=O)c(C)c1. The highest BCUT2D eigenvalue weighted by Gasteiger charge is 2.13. The Kier molecular flexibility index (Phi) is 3.35. The van der Waals surface area contributed by atoms with Crippen molar-refractivity contribution in [2.24, 2.45) is 0 Å². The minimum atomic E-state index is -0.714. The van der Waals surface area contributed by atoms with Gasteiger partial charge in [-0.15, -0.1) is 0 Å². The van der Waals surface area contributed by atoms with Crippen LogP contribution in [0.4, 0.5) is 0 Å². The summed E-state index contributed by atoms with van der Waals surface area (Å²) in [5.41, 5.74) is 3.38. The molecule has 1 aromatic carbocycles. The third-order valence-corrected chi connectivity index (χ3v) is 3.69. The van der Waals surface area contributed by atoms with E-state index in [0.717, 1.165) is 16.7 Å². The molecule has 0 amide bonds. The maximum atomic E-state index is 12.3. The van der Waals surface area contributed by atoms with Crippen LogP contribution in [0.2, 0.25) is 0 Å². The van der Waals surface area contributed by atoms with Gasteiger partial charge in [0.1, 0.15) is 5.52 Å². The van der Waals surface area contributed by atoms with Crippen LogP contribution in [-0.4, -0.2) is 19.3 Å². The number of aliphatic hydroxyl groups excluding tert-OH is 1. The molecule has 0 saturated heterocycles. The topological polar surface area (TPSA) is 59.5 Å². The summed E-state index contributed by atoms with van der Waals surface area (Å²) < 4.78 is 3.04. The molecule has 0 saturated carbocycles. The Labute approximate surface area is 122 Å². The Morgan fingerprint density at radius 1 is 1.24 bits per heavy atom. The van der Waals surface area contributed by atoms with E-state index < -0.39 is 6.10 Å². The molecule has 1 atom stereocenters. The average Bonchev–Trinajstić information content (AvgIpc) is 2.91. The predicted molar refractivity (Wildman–Crippen MR) is 80.3 cm³/mol. The smallest absolute Gasteiger partial charge is 0.276 e. The van der Waals surface area contributed by atoms with Gasteiger partial charge in [-0.3, -0.25) is 4.79 Å². The molecule has 5 nitrogen and oxygen atoms in total. The summed E-state index contributed by atoms with van der Waals surface area (Å²) in [5, 5.41) is 14.4. The molecule has 21 heavy (non-hydrogen) atoms. The van der Waals surface area contributed by atoms with Gasteiger partial charge in [0.2, 0.25) is 0 Å². The molecule has 3 aromatic rings. The second kappa shape index (κ2) is 5.18. The number of rotatable bonds is 3. The molecule has 0 aliphatic carbocycles. The molecule has 1 unspecified atom stereocenters. The van der Waals surface area contributed by atoms with Crippen LogP contribution in [0.3, 0.4) is 0 Å². The van der Waals surface area contributed by atoms with Crippen LogP contribution in [0, 0.1) is 13.8 Å². The average molecular weight is 283 g/mol. The highest BCUT2D eigenvalue weighted by Crippen LogP contribution is 2.20. The highest BCUT2D eigenvalue weighted by molar-refractivity contribution is 5.42. The first-order chi connectivity index (χ1) is 10.1. The Morgan fingerprint density at radius 2 is 2.05 bits per heavy atom. The van der Waals surface area contributed by atoms with Crippen molar-refractivity contribution in [1.82, 2.24) is 14.2 Å². The van der Waals surface area contributed by atoms with Gasteiger partial charge in [-0.25, -0.2) is 4.52 Å². The fourth-order valence-corrected chi connectivity index (χ4v) is 2.59. The van der Waals surface area contributed by atoms with Crippen molar-refractivity contribution in [2.45, 2.75) is 26.5 Å². The summed E-state index contributed by atoms with van der Waals surface area (Å²) >= 11 is 0. The zero-order valence-corrected chi connectivity index (χ0v) is 12.0. The molecule has 108 valence electrons. The van der Waals surface area contributed by atoms with Crippen molar-refractivity contribution < 1.29 is 5.11 Å². The lowest BCUT2D eigenvalue weighted by Crippen LogP contribution is -2.24. The summed E-state index contributed by atoms with van der Waals surface area (Å²) in [7, 11) is 0. The lowest BCUT2D eigenvalue weighted by atomic mass is 10.0. The van der Waals surface area contributed by atoms with Gasteiger partial charge in [-0.1, -0.05) is 23.8 Å². The largest absolute Gasteiger partial charge is 0.387 e. The van der Waals surface area contributed by atoms with E-state index >= 15 is 0 Å². The Hall–Kier alpha value is -2.40. The second-order valence-electron chi connectivity index (χ2n) is 5.29. The first-order valence-corrected chi connectivity index (χ1v) is 6.84. The van der Waals surface area contributed by atoms with Crippen molar-refractivity contribution in [3.8, 4) is 0 Å². The second-order valence-corrected chi connectivity index (χ2v) is 5.29. The highest BCUT2D eigenvalue weighted by atomic mass is 16.3. The summed E-state index contributed by atoms with van der Waals surface area (Å²) in [6, 6.07) is 7.58. The standard InChI is InChI=1S/C16H17N3O2/c1-11-3-4-13(12(2)9-11)15(20)10-18-7-8-19-14(16(18)21)5-6-17-19/h3-9,15,20H,10H2,1-2H3. The Balaban J connectivity index is 1.94. The van der Waals surface area contributed by atoms with E-state index in [1.165, 1.54) is 9.08 Å². The summed E-state index contributed by atoms with van der Waals surface area (Å²) in [4.78, 5) is 12.3. The quantitative estimate of drug-likeness (QED) is 0.798. The van der Waals surface area contributed by atoms with Gasteiger partial charge >= 0.3 is 0 Å². The number of hydrogen-bond donors (Lipinski definition) is 1. The van der Waals surface area contributed by atoms with Crippen LogP contribution in [0.5, 0.6) is 0 Å². The lowest BCUT2D eigenvalue weighted by molar-refractivity contribution is 0.154. The first kappa shape index (κ1) is 13.6. The van der Waals surface area contributed by atoms with Crippen LogP contribution >= 0.6 is 0 Å². The normalized spacial score (nSPS) is 12.7. The molecular formula is C16H17N3O2. The van der Waals surface area contributed by atoms with Crippen LogP contribution in [0.15, 0.2) is 47.7 Å². The minimum absolute atomic E-state index is 0.154. The van der Waals surface area contributed by atoms with Gasteiger partial charge in [0, 0.05) is 12.4 Å². The van der Waals surface area contributed by atoms with E-state index in [4.69, 9.17) is 0 Å². The van der Waals surface area contributed by atoms with Crippen LogP contribution in [-0.2, 0) is 6.54 Å². The Morgan fingerprint density at radius 3 is 2.81 bits per heavy atom. The van der Waals surface area contributed by atoms with E-state index in [1.807, 2.05) is 32.0 Å². The maximum absolute atomic E-state index is 12.3. The number of aliphatic hydroxyl groups is 1. The van der Waals surface area contributed by atoms with E-state index in [2.05, 4.69) is 5.10 Å². The molecule has 5 heteroatoms. The minimum Gasteiger partial charge on any atom is -0.387 e. The number of aryl methyl sites for hydroxylation is 2. The van der Waals surface area contributed by atoms with E-state index in [9.17, 15) is 9.90 Å². The molecule has 3 rings (SSSR count). The van der Waals surface area contributed by atoms with Gasteiger partial charge in [0.05, 0.1) is 18.8 Å². The van der Waals surface area contributed by atoms with Crippen molar-refractivity contribution in [3.05, 3.63) is 69.9 Å². The summed E-state index contributed by atoms with van der Waals surface area (Å²) in [5.74, 6) is 0. The van der Waals surface area contributed by atoms with Gasteiger partial charge in [0.25, 0.3) is 5.56 Å². The molecule has 0 aliphatic rings. The van der Waals surface area contributed by atoms with Crippen molar-refractivity contribution in [1.29, 1.82) is 0 Å². The third kappa shape index (κ3) is 2.48. The monoisotopic (exact) mass is 283 g/mol. The van der Waals surface area contributed by atoms with Crippen LogP contribution < -0.4 is 5.56 Å². The van der Waals surface area contributed by atoms with Gasteiger partial charge < -0.3 is 9.67 Å². The lowest BCUT2D eigenvalue weighted by Gasteiger charge is -2.16. The van der Waals surface area contributed by atoms with Gasteiger partial charge in [0.15, 0.2) is 0 Å². The predicted octanol–water partition coefficient (Wildman–Crippen LogP) is 1.85. The van der Waals surface area contributed by atoms with E-state index in [1.54, 1.807) is 24.7 Å². The fourth-order valence-electron chi connectivity index (χ4n) is 2.59. The zero-order valence-electron chi connectivity index (χ0n) is 12.0. The molecule has 2 aromatic heterocycles. The zero-order chi connectivity index (χ0) is 15.0. The molecule has 0 aliphatic heterocycles.